The second-order valence-corrected chi connectivity index (χ2v) is 21.1. The van der Waals surface area contributed by atoms with Crippen LogP contribution < -0.4 is 4.90 Å². The minimum absolute atomic E-state index is 0.0524. The number of aryl methyl sites for hydroxylation is 4. The van der Waals surface area contributed by atoms with E-state index in [2.05, 4.69) is 221 Å². The van der Waals surface area contributed by atoms with E-state index < -0.39 is 0 Å². The molecule has 8 aromatic carbocycles. The van der Waals surface area contributed by atoms with E-state index >= 15 is 0 Å². The van der Waals surface area contributed by atoms with Gasteiger partial charge >= 0.3 is 0 Å². The van der Waals surface area contributed by atoms with Gasteiger partial charge in [0.05, 0.1) is 11.0 Å². The zero-order chi connectivity index (χ0) is 48.9. The molecule has 0 atom stereocenters. The Hall–Kier alpha value is -6.64. The molecule has 2 heteroatoms. The van der Waals surface area contributed by atoms with Crippen LogP contribution in [-0.4, -0.2) is 4.57 Å². The predicted octanol–water partition coefficient (Wildman–Crippen LogP) is 20.6. The number of hydrogen-bond donors (Lipinski definition) is 0. The number of benzene rings is 8. The summed E-state index contributed by atoms with van der Waals surface area (Å²) >= 11 is 0. The Morgan fingerprint density at radius 1 is 0.352 bits per heavy atom. The molecule has 1 aliphatic rings. The highest BCUT2D eigenvalue weighted by Crippen LogP contribution is 2.55. The van der Waals surface area contributed by atoms with Gasteiger partial charge in [0, 0.05) is 38.9 Å². The highest BCUT2D eigenvalue weighted by atomic mass is 15.1. The van der Waals surface area contributed by atoms with Gasteiger partial charge in [0.1, 0.15) is 0 Å². The van der Waals surface area contributed by atoms with Crippen molar-refractivity contribution in [2.45, 2.75) is 137 Å². The molecule has 0 saturated carbocycles. The van der Waals surface area contributed by atoms with Crippen LogP contribution in [0, 0.1) is 27.7 Å². The number of rotatable bonds is 20. The van der Waals surface area contributed by atoms with Gasteiger partial charge in [0.25, 0.3) is 0 Å². The Kier molecular flexibility index (Phi) is 14.5. The van der Waals surface area contributed by atoms with Gasteiger partial charge in [0.15, 0.2) is 0 Å². The summed E-state index contributed by atoms with van der Waals surface area (Å²) in [7, 11) is 0. The first kappa shape index (κ1) is 48.0. The smallest absolute Gasteiger partial charge is 0.0541 e. The second kappa shape index (κ2) is 21.4. The number of anilines is 3. The van der Waals surface area contributed by atoms with Crippen molar-refractivity contribution in [1.29, 1.82) is 0 Å². The third-order valence-electron chi connectivity index (χ3n) is 15.9. The van der Waals surface area contributed by atoms with Crippen LogP contribution in [0.5, 0.6) is 0 Å². The van der Waals surface area contributed by atoms with E-state index in [1.807, 2.05) is 0 Å². The van der Waals surface area contributed by atoms with E-state index in [0.717, 1.165) is 17.1 Å². The summed E-state index contributed by atoms with van der Waals surface area (Å²) in [5.41, 5.74) is 23.4. The van der Waals surface area contributed by atoms with E-state index in [0.29, 0.717) is 0 Å². The van der Waals surface area contributed by atoms with Crippen molar-refractivity contribution in [3.8, 4) is 39.1 Å². The van der Waals surface area contributed by atoms with Crippen molar-refractivity contribution in [3.05, 3.63) is 203 Å². The summed E-state index contributed by atoms with van der Waals surface area (Å²) in [6, 6.07) is 64.9. The lowest BCUT2D eigenvalue weighted by atomic mass is 9.70. The lowest BCUT2D eigenvalue weighted by Crippen LogP contribution is -2.25. The number of fused-ring (bicyclic) bond motifs is 6. The van der Waals surface area contributed by atoms with Crippen molar-refractivity contribution in [3.63, 3.8) is 0 Å². The maximum Gasteiger partial charge on any atom is 0.0541 e. The molecule has 2 nitrogen and oxygen atoms in total. The topological polar surface area (TPSA) is 8.17 Å². The first-order valence-corrected chi connectivity index (χ1v) is 27.2. The highest BCUT2D eigenvalue weighted by molar-refractivity contribution is 6.11. The third-order valence-corrected chi connectivity index (χ3v) is 15.9. The van der Waals surface area contributed by atoms with E-state index in [1.54, 1.807) is 11.1 Å². The normalized spacial score (nSPS) is 12.7. The van der Waals surface area contributed by atoms with Crippen molar-refractivity contribution in [2.75, 3.05) is 4.90 Å². The summed E-state index contributed by atoms with van der Waals surface area (Å²) in [5, 5.41) is 2.61. The largest absolute Gasteiger partial charge is 0.311 e. The standard InChI is InChI=1S/C69H74N2/c1-7-9-11-13-15-17-43-69(44-18-16-14-12-10-8-2)65-46-52(6)23-39-61(65)62-40-29-56(48-66(62)69)55-30-42-68-64(47-55)63-45-51(5)24-41-67(63)71(68)60-37-27-54(28-38-60)53-25-35-59(36-26-53)70(57-31-19-49(3)20-32-57)58-33-21-50(4)22-34-58/h19-42,45-48H,7-18,43-44H2,1-6H3. The molecule has 0 saturated heterocycles. The van der Waals surface area contributed by atoms with Gasteiger partial charge in [-0.1, -0.05) is 204 Å². The van der Waals surface area contributed by atoms with Crippen molar-refractivity contribution < 1.29 is 0 Å². The Bertz CT molecular complexity index is 3180. The molecule has 0 unspecified atom stereocenters. The molecule has 9 aromatic rings. The van der Waals surface area contributed by atoms with Crippen molar-refractivity contribution in [1.82, 2.24) is 4.57 Å². The van der Waals surface area contributed by atoms with Crippen LogP contribution in [-0.2, 0) is 5.41 Å². The molecular formula is C69H74N2. The summed E-state index contributed by atoms with van der Waals surface area (Å²) in [6.07, 6.45) is 18.4. The van der Waals surface area contributed by atoms with E-state index in [1.165, 1.54) is 173 Å². The van der Waals surface area contributed by atoms with Crippen molar-refractivity contribution >= 4 is 38.9 Å². The Balaban J connectivity index is 0.979. The van der Waals surface area contributed by atoms with Crippen LogP contribution >= 0.6 is 0 Å². The molecule has 1 aliphatic carbocycles. The number of nitrogens with zero attached hydrogens (tertiary/aromatic N) is 2. The zero-order valence-corrected chi connectivity index (χ0v) is 43.5. The quantitative estimate of drug-likeness (QED) is 0.0692. The summed E-state index contributed by atoms with van der Waals surface area (Å²) in [6.45, 7) is 13.5. The molecule has 71 heavy (non-hydrogen) atoms. The summed E-state index contributed by atoms with van der Waals surface area (Å²) < 4.78 is 2.47. The maximum atomic E-state index is 2.62. The number of aromatic nitrogens is 1. The fraction of sp³-hybridized carbons (Fsp3) is 0.304. The van der Waals surface area contributed by atoms with Crippen molar-refractivity contribution in [2.24, 2.45) is 0 Å². The monoisotopic (exact) mass is 931 g/mol. The Morgan fingerprint density at radius 2 is 0.746 bits per heavy atom. The number of unbranched alkanes of at least 4 members (excludes halogenated alkanes) is 10. The number of hydrogen-bond acceptors (Lipinski definition) is 1. The SMILES string of the molecule is CCCCCCCCC1(CCCCCCCC)c2cc(C)ccc2-c2ccc(-c3ccc4c(c3)c3cc(C)ccc3n4-c3ccc(-c4ccc(N(c5ccc(C)cc5)c5ccc(C)cc5)cc4)cc3)cc21. The second-order valence-electron chi connectivity index (χ2n) is 21.1. The van der Waals surface area contributed by atoms with Crippen LogP contribution in [0.15, 0.2) is 170 Å². The Morgan fingerprint density at radius 3 is 1.32 bits per heavy atom. The summed E-state index contributed by atoms with van der Waals surface area (Å²) in [4.78, 5) is 2.34. The zero-order valence-electron chi connectivity index (χ0n) is 43.5. The van der Waals surface area contributed by atoms with Gasteiger partial charge in [-0.25, -0.2) is 0 Å². The minimum atomic E-state index is 0.0524. The van der Waals surface area contributed by atoms with Crippen LogP contribution in [0.3, 0.4) is 0 Å². The lowest BCUT2D eigenvalue weighted by molar-refractivity contribution is 0.398. The van der Waals surface area contributed by atoms with Gasteiger partial charge < -0.3 is 9.47 Å². The maximum absolute atomic E-state index is 2.62. The molecule has 0 N–H and O–H groups in total. The molecule has 0 bridgehead atoms. The third kappa shape index (κ3) is 9.88. The summed E-state index contributed by atoms with van der Waals surface area (Å²) in [5.74, 6) is 0. The van der Waals surface area contributed by atoms with Crippen LogP contribution in [0.4, 0.5) is 17.1 Å². The van der Waals surface area contributed by atoms with Crippen LogP contribution in [0.2, 0.25) is 0 Å². The average Bonchev–Trinajstić information content (AvgIpc) is 3.85. The van der Waals surface area contributed by atoms with Crippen LogP contribution in [0.1, 0.15) is 137 Å². The molecule has 1 aromatic heterocycles. The van der Waals surface area contributed by atoms with Gasteiger partial charge in [-0.15, -0.1) is 0 Å². The molecule has 10 rings (SSSR count). The molecule has 0 spiro atoms. The molecule has 1 heterocycles. The van der Waals surface area contributed by atoms with Gasteiger partial charge in [-0.3, -0.25) is 0 Å². The first-order valence-electron chi connectivity index (χ1n) is 27.2. The first-order chi connectivity index (χ1) is 34.7. The predicted molar refractivity (Wildman–Crippen MR) is 307 cm³/mol. The molecule has 360 valence electrons. The fourth-order valence-corrected chi connectivity index (χ4v) is 11.9. The molecule has 0 radical (unpaired) electrons. The molecule has 0 amide bonds. The average molecular weight is 931 g/mol. The van der Waals surface area contributed by atoms with Gasteiger partial charge in [-0.05, 0) is 164 Å². The van der Waals surface area contributed by atoms with Gasteiger partial charge in [-0.2, -0.15) is 0 Å². The molecular weight excluding hydrogens is 857 g/mol. The molecule has 0 aliphatic heterocycles. The lowest BCUT2D eigenvalue weighted by Gasteiger charge is -2.33. The van der Waals surface area contributed by atoms with E-state index in [-0.39, 0.29) is 5.41 Å². The van der Waals surface area contributed by atoms with Gasteiger partial charge in [0.2, 0.25) is 0 Å². The Labute approximate surface area is 425 Å². The fourth-order valence-electron chi connectivity index (χ4n) is 11.9. The van der Waals surface area contributed by atoms with Crippen LogP contribution in [0.25, 0.3) is 60.9 Å². The van der Waals surface area contributed by atoms with E-state index in [4.69, 9.17) is 0 Å². The highest BCUT2D eigenvalue weighted by Gasteiger charge is 2.42. The minimum Gasteiger partial charge on any atom is -0.311 e. The van der Waals surface area contributed by atoms with E-state index in [9.17, 15) is 0 Å². The molecule has 0 fully saturated rings.